The monoisotopic (exact) mass is 435 g/mol. The highest BCUT2D eigenvalue weighted by Gasteiger charge is 2.14. The minimum Gasteiger partial charge on any atom is -0.490 e. The Morgan fingerprint density at radius 1 is 0.903 bits per heavy atom. The fourth-order valence-electron chi connectivity index (χ4n) is 3.47. The van der Waals surface area contributed by atoms with Gasteiger partial charge >= 0.3 is 0 Å². The summed E-state index contributed by atoms with van der Waals surface area (Å²) >= 11 is 6.57. The van der Waals surface area contributed by atoms with Gasteiger partial charge in [0.05, 0.1) is 11.6 Å². The molecule has 0 aromatic heterocycles. The molecule has 0 spiro atoms. The second kappa shape index (κ2) is 9.71. The summed E-state index contributed by atoms with van der Waals surface area (Å²) in [4.78, 5) is 0. The summed E-state index contributed by atoms with van der Waals surface area (Å²) in [6, 6.07) is 24.4. The first-order valence-corrected chi connectivity index (χ1v) is 10.6. The van der Waals surface area contributed by atoms with Crippen molar-refractivity contribution in [3.63, 3.8) is 0 Å². The number of fused-ring (bicyclic) bond motifs is 1. The number of rotatable bonds is 8. The number of nitrogens with one attached hydrogen (secondary N) is 1. The van der Waals surface area contributed by atoms with Gasteiger partial charge in [-0.05, 0) is 65.2 Å². The zero-order valence-electron chi connectivity index (χ0n) is 17.2. The van der Waals surface area contributed by atoms with Gasteiger partial charge in [-0.15, -0.1) is 0 Å². The van der Waals surface area contributed by atoms with Gasteiger partial charge in [-0.25, -0.2) is 4.39 Å². The molecule has 0 bridgehead atoms. The highest BCUT2D eigenvalue weighted by atomic mass is 35.5. The summed E-state index contributed by atoms with van der Waals surface area (Å²) in [7, 11) is 0. The number of halogens is 2. The molecular formula is C26H23ClFNO2. The quantitative estimate of drug-likeness (QED) is 0.317. The van der Waals surface area contributed by atoms with Crippen LogP contribution >= 0.6 is 11.6 Å². The SMILES string of the molecule is CCOc1cc(CNc2ccc(F)cc2)cc(Cl)c1OCc1cccc2ccccc12. The number of benzene rings is 4. The van der Waals surface area contributed by atoms with Crippen molar-refractivity contribution in [3.05, 3.63) is 101 Å². The molecule has 3 nitrogen and oxygen atoms in total. The summed E-state index contributed by atoms with van der Waals surface area (Å²) in [5.41, 5.74) is 2.85. The van der Waals surface area contributed by atoms with Crippen molar-refractivity contribution < 1.29 is 13.9 Å². The second-order valence-corrected chi connectivity index (χ2v) is 7.53. The fourth-order valence-corrected chi connectivity index (χ4v) is 3.75. The molecule has 0 atom stereocenters. The van der Waals surface area contributed by atoms with Crippen LogP contribution in [-0.4, -0.2) is 6.61 Å². The lowest BCUT2D eigenvalue weighted by atomic mass is 10.1. The lowest BCUT2D eigenvalue weighted by Crippen LogP contribution is -2.04. The number of hydrogen-bond donors (Lipinski definition) is 1. The predicted molar refractivity (Wildman–Crippen MR) is 125 cm³/mol. The van der Waals surface area contributed by atoms with Crippen molar-refractivity contribution in [2.24, 2.45) is 0 Å². The van der Waals surface area contributed by atoms with Crippen LogP contribution in [0, 0.1) is 5.82 Å². The van der Waals surface area contributed by atoms with Crippen LogP contribution in [0.25, 0.3) is 10.8 Å². The first kappa shape index (κ1) is 21.0. The van der Waals surface area contributed by atoms with Gasteiger partial charge in [0.15, 0.2) is 11.5 Å². The van der Waals surface area contributed by atoms with Gasteiger partial charge in [0.2, 0.25) is 0 Å². The van der Waals surface area contributed by atoms with Crippen LogP contribution in [-0.2, 0) is 13.2 Å². The van der Waals surface area contributed by atoms with Gasteiger partial charge < -0.3 is 14.8 Å². The molecule has 1 N–H and O–H groups in total. The third-order valence-electron chi connectivity index (χ3n) is 4.96. The van der Waals surface area contributed by atoms with Crippen molar-refractivity contribution in [1.29, 1.82) is 0 Å². The first-order chi connectivity index (χ1) is 15.1. The topological polar surface area (TPSA) is 30.5 Å². The van der Waals surface area contributed by atoms with E-state index in [9.17, 15) is 4.39 Å². The second-order valence-electron chi connectivity index (χ2n) is 7.13. The molecule has 31 heavy (non-hydrogen) atoms. The van der Waals surface area contributed by atoms with E-state index in [1.807, 2.05) is 37.3 Å². The van der Waals surface area contributed by atoms with E-state index < -0.39 is 0 Å². The van der Waals surface area contributed by atoms with E-state index >= 15 is 0 Å². The van der Waals surface area contributed by atoms with E-state index in [1.54, 1.807) is 12.1 Å². The Kier molecular flexibility index (Phi) is 6.58. The lowest BCUT2D eigenvalue weighted by molar-refractivity contribution is 0.270. The maximum absolute atomic E-state index is 13.1. The summed E-state index contributed by atoms with van der Waals surface area (Å²) < 4.78 is 25.0. The van der Waals surface area contributed by atoms with Crippen LogP contribution in [0.1, 0.15) is 18.1 Å². The molecule has 0 saturated heterocycles. The molecule has 0 aliphatic heterocycles. The summed E-state index contributed by atoms with van der Waals surface area (Å²) in [6.07, 6.45) is 0. The molecule has 4 rings (SSSR count). The fraction of sp³-hybridized carbons (Fsp3) is 0.154. The van der Waals surface area contributed by atoms with Crippen LogP contribution in [0.15, 0.2) is 78.9 Å². The molecule has 5 heteroatoms. The number of hydrogen-bond acceptors (Lipinski definition) is 3. The van der Waals surface area contributed by atoms with E-state index in [-0.39, 0.29) is 5.82 Å². The maximum atomic E-state index is 13.1. The first-order valence-electron chi connectivity index (χ1n) is 10.2. The average molecular weight is 436 g/mol. The minimum atomic E-state index is -0.264. The van der Waals surface area contributed by atoms with Gasteiger partial charge in [0.1, 0.15) is 12.4 Å². The van der Waals surface area contributed by atoms with E-state index in [4.69, 9.17) is 21.1 Å². The largest absolute Gasteiger partial charge is 0.490 e. The lowest BCUT2D eigenvalue weighted by Gasteiger charge is -2.16. The van der Waals surface area contributed by atoms with E-state index in [0.717, 1.165) is 22.2 Å². The smallest absolute Gasteiger partial charge is 0.180 e. The molecule has 0 saturated carbocycles. The molecule has 0 heterocycles. The van der Waals surface area contributed by atoms with Crippen LogP contribution in [0.5, 0.6) is 11.5 Å². The summed E-state index contributed by atoms with van der Waals surface area (Å²) in [5, 5.41) is 6.07. The van der Waals surface area contributed by atoms with Crippen molar-refractivity contribution in [3.8, 4) is 11.5 Å². The third kappa shape index (κ3) is 5.09. The summed E-state index contributed by atoms with van der Waals surface area (Å²) in [6.45, 7) is 3.32. The van der Waals surface area contributed by atoms with E-state index in [1.165, 1.54) is 17.5 Å². The molecule has 158 valence electrons. The Hall–Kier alpha value is -3.24. The Morgan fingerprint density at radius 2 is 1.68 bits per heavy atom. The van der Waals surface area contributed by atoms with Gasteiger partial charge in [-0.2, -0.15) is 0 Å². The predicted octanol–water partition coefficient (Wildman–Crippen LogP) is 7.22. The Morgan fingerprint density at radius 3 is 2.48 bits per heavy atom. The number of ether oxygens (including phenoxy) is 2. The van der Waals surface area contributed by atoms with Gasteiger partial charge in [0, 0.05) is 12.2 Å². The Labute approximate surface area is 186 Å². The highest BCUT2D eigenvalue weighted by molar-refractivity contribution is 6.32. The standard InChI is InChI=1S/C26H23ClFNO2/c1-2-30-25-15-18(16-29-22-12-10-21(28)11-13-22)14-24(27)26(25)31-17-20-8-5-7-19-6-3-4-9-23(19)20/h3-15,29H,2,16-17H2,1H3. The van der Waals surface area contributed by atoms with Gasteiger partial charge in [-0.1, -0.05) is 54.1 Å². The molecule has 0 aliphatic carbocycles. The van der Waals surface area contributed by atoms with Gasteiger partial charge in [-0.3, -0.25) is 0 Å². The molecular weight excluding hydrogens is 413 g/mol. The Bertz CT molecular complexity index is 1170. The van der Waals surface area contributed by atoms with Gasteiger partial charge in [0.25, 0.3) is 0 Å². The van der Waals surface area contributed by atoms with Crippen LogP contribution in [0.3, 0.4) is 0 Å². The van der Waals surface area contributed by atoms with Crippen LogP contribution < -0.4 is 14.8 Å². The van der Waals surface area contributed by atoms with Crippen molar-refractivity contribution in [1.82, 2.24) is 0 Å². The van der Waals surface area contributed by atoms with Crippen molar-refractivity contribution in [2.45, 2.75) is 20.1 Å². The zero-order chi connectivity index (χ0) is 21.6. The number of anilines is 1. The summed E-state index contributed by atoms with van der Waals surface area (Å²) in [5.74, 6) is 0.869. The minimum absolute atomic E-state index is 0.264. The Balaban J connectivity index is 1.53. The molecule has 0 aliphatic rings. The van der Waals surface area contributed by atoms with E-state index in [2.05, 4.69) is 29.6 Å². The van der Waals surface area contributed by atoms with Crippen molar-refractivity contribution >= 4 is 28.1 Å². The third-order valence-corrected chi connectivity index (χ3v) is 5.24. The molecule has 0 amide bonds. The molecule has 0 fully saturated rings. The van der Waals surface area contributed by atoms with E-state index in [0.29, 0.717) is 36.3 Å². The van der Waals surface area contributed by atoms with Crippen LogP contribution in [0.2, 0.25) is 5.02 Å². The normalized spacial score (nSPS) is 10.8. The average Bonchev–Trinajstić information content (AvgIpc) is 2.78. The molecule has 4 aromatic carbocycles. The van der Waals surface area contributed by atoms with Crippen LogP contribution in [0.4, 0.5) is 10.1 Å². The maximum Gasteiger partial charge on any atom is 0.180 e. The highest BCUT2D eigenvalue weighted by Crippen LogP contribution is 2.38. The molecule has 4 aromatic rings. The van der Waals surface area contributed by atoms with Crippen molar-refractivity contribution in [2.75, 3.05) is 11.9 Å². The molecule has 0 unspecified atom stereocenters. The molecule has 0 radical (unpaired) electrons. The zero-order valence-corrected chi connectivity index (χ0v) is 18.0.